The largest absolute Gasteiger partial charge is 0.748 e. The summed E-state index contributed by atoms with van der Waals surface area (Å²) < 4.78 is 35.0. The zero-order valence-electron chi connectivity index (χ0n) is 30.7. The molecular weight excluding hydrogens is 757 g/mol. The molecule has 0 heterocycles. The third kappa shape index (κ3) is 11.9. The minimum atomic E-state index is -3.94. The molecule has 0 atom stereocenters. The fraction of sp³-hybridized carbons (Fsp3) is 0.106. The first-order valence-corrected chi connectivity index (χ1v) is 22.4. The number of benzene rings is 7. The predicted molar refractivity (Wildman–Crippen MR) is 230 cm³/mol. The van der Waals surface area contributed by atoms with Crippen LogP contribution in [0, 0.1) is 0 Å². The number of ether oxygens (including phenoxy) is 1. The lowest BCUT2D eigenvalue weighted by atomic mass is 10.1. The van der Waals surface area contributed by atoms with Crippen LogP contribution >= 0.6 is 23.5 Å². The molecule has 8 heteroatoms. The fourth-order valence-electron chi connectivity index (χ4n) is 5.69. The van der Waals surface area contributed by atoms with E-state index in [4.69, 9.17) is 4.74 Å². The number of unbranched alkanes of at least 4 members (excludes halogenated alkanes) is 1. The molecule has 0 N–H and O–H groups in total. The van der Waals surface area contributed by atoms with Crippen molar-refractivity contribution in [1.29, 1.82) is 0 Å². The Morgan fingerprint density at radius 1 is 0.491 bits per heavy atom. The van der Waals surface area contributed by atoms with Gasteiger partial charge in [0.15, 0.2) is 14.7 Å². The van der Waals surface area contributed by atoms with E-state index in [1.807, 2.05) is 6.92 Å². The summed E-state index contributed by atoms with van der Waals surface area (Å²) in [6.45, 7) is 1.84. The molecular formula is C47H42O4S4. The van der Waals surface area contributed by atoms with Crippen LogP contribution < -0.4 is 4.74 Å². The molecule has 7 aromatic carbocycles. The molecule has 0 aliphatic rings. The Morgan fingerprint density at radius 3 is 1.13 bits per heavy atom. The van der Waals surface area contributed by atoms with E-state index < -0.39 is 10.1 Å². The van der Waals surface area contributed by atoms with Crippen molar-refractivity contribution in [2.75, 3.05) is 12.9 Å². The Hall–Kier alpha value is -4.70. The Morgan fingerprint density at radius 2 is 0.818 bits per heavy atom. The molecule has 55 heavy (non-hydrogen) atoms. The van der Waals surface area contributed by atoms with Gasteiger partial charge in [-0.3, -0.25) is 0 Å². The standard InChI is InChI=1S/C43H33OS3.C4H10O3S/c1-44-36-16-26-41(27-17-36)47(42-28-22-39(23-29-42)45-37-18-12-34(13-19-37)32-8-4-2-5-9-32)43-30-24-40(25-31-43)46-38-20-14-35(15-21-38)33-10-6-3-7-11-33;1-2-3-4-8(5,6)7/h2-31H,1H3;2-4H2,1H3,(H,5,6,7)/q+1;/p-1. The number of hydrogen-bond donors (Lipinski definition) is 0. The first kappa shape index (κ1) is 40.0. The summed E-state index contributed by atoms with van der Waals surface area (Å²) in [5, 5.41) is 0. The van der Waals surface area contributed by atoms with Crippen molar-refractivity contribution in [3.63, 3.8) is 0 Å². The molecule has 0 saturated heterocycles. The van der Waals surface area contributed by atoms with Crippen molar-refractivity contribution in [2.45, 2.75) is 54.0 Å². The van der Waals surface area contributed by atoms with Crippen molar-refractivity contribution in [1.82, 2.24) is 0 Å². The minimum absolute atomic E-state index is 0.219. The maximum Gasteiger partial charge on any atom is 0.166 e. The van der Waals surface area contributed by atoms with Crippen molar-refractivity contribution >= 4 is 44.5 Å². The topological polar surface area (TPSA) is 66.4 Å². The average Bonchev–Trinajstić information content (AvgIpc) is 3.23. The maximum atomic E-state index is 9.83. The normalized spacial score (nSPS) is 11.1. The van der Waals surface area contributed by atoms with Crippen LogP contribution in [-0.2, 0) is 21.0 Å². The SMILES string of the molecule is CCCCS(=O)(=O)[O-].COc1ccc([S+](c2ccc(Sc3ccc(-c4ccccc4)cc3)cc2)c2ccc(Sc3ccc(-c4ccccc4)cc3)cc2)cc1. The third-order valence-corrected chi connectivity index (χ3v) is 13.6. The second kappa shape index (κ2) is 19.8. The second-order valence-corrected chi connectivity index (χ2v) is 18.4. The Balaban J connectivity index is 0.000000581. The van der Waals surface area contributed by atoms with Crippen molar-refractivity contribution < 1.29 is 17.7 Å². The molecule has 0 amide bonds. The third-order valence-electron chi connectivity index (χ3n) is 8.56. The summed E-state index contributed by atoms with van der Waals surface area (Å²) in [7, 11) is -2.48. The van der Waals surface area contributed by atoms with Gasteiger partial charge in [-0.15, -0.1) is 0 Å². The van der Waals surface area contributed by atoms with Crippen LogP contribution in [0.25, 0.3) is 22.3 Å². The van der Waals surface area contributed by atoms with E-state index >= 15 is 0 Å². The summed E-state index contributed by atoms with van der Waals surface area (Å²) >= 11 is 3.59. The molecule has 0 aliphatic heterocycles. The van der Waals surface area contributed by atoms with Crippen LogP contribution in [0.15, 0.2) is 216 Å². The van der Waals surface area contributed by atoms with E-state index in [9.17, 15) is 13.0 Å². The van der Waals surface area contributed by atoms with E-state index in [1.54, 1.807) is 30.6 Å². The molecule has 0 spiro atoms. The van der Waals surface area contributed by atoms with E-state index in [0.717, 1.165) is 12.2 Å². The van der Waals surface area contributed by atoms with Gasteiger partial charge in [-0.1, -0.05) is 122 Å². The van der Waals surface area contributed by atoms with Gasteiger partial charge in [0.25, 0.3) is 0 Å². The highest BCUT2D eigenvalue weighted by Crippen LogP contribution is 2.37. The fourth-order valence-corrected chi connectivity index (χ4v) is 10.0. The Bertz CT molecular complexity index is 2190. The van der Waals surface area contributed by atoms with Gasteiger partial charge in [-0.2, -0.15) is 0 Å². The van der Waals surface area contributed by atoms with Crippen LogP contribution in [-0.4, -0.2) is 25.8 Å². The van der Waals surface area contributed by atoms with Crippen LogP contribution in [0.1, 0.15) is 19.8 Å². The van der Waals surface area contributed by atoms with Crippen LogP contribution in [0.4, 0.5) is 0 Å². The molecule has 0 unspecified atom stereocenters. The molecule has 0 saturated carbocycles. The molecule has 0 radical (unpaired) electrons. The van der Waals surface area contributed by atoms with Gasteiger partial charge in [-0.25, -0.2) is 8.42 Å². The number of methoxy groups -OCH3 is 1. The lowest BCUT2D eigenvalue weighted by molar-refractivity contribution is 0.414. The molecule has 7 rings (SSSR count). The molecule has 0 aromatic heterocycles. The van der Waals surface area contributed by atoms with Gasteiger partial charge in [0.2, 0.25) is 0 Å². The first-order valence-electron chi connectivity index (χ1n) is 18.0. The number of rotatable bonds is 13. The smallest absolute Gasteiger partial charge is 0.166 e. The zero-order chi connectivity index (χ0) is 38.5. The summed E-state index contributed by atoms with van der Waals surface area (Å²) in [5.74, 6) is 0.649. The Kier molecular flexibility index (Phi) is 14.4. The summed E-state index contributed by atoms with van der Waals surface area (Å²) in [6, 6.07) is 65.3. The van der Waals surface area contributed by atoms with Crippen molar-refractivity contribution in [3.8, 4) is 28.0 Å². The first-order chi connectivity index (χ1) is 26.8. The lowest BCUT2D eigenvalue weighted by Gasteiger charge is -2.11. The minimum Gasteiger partial charge on any atom is -0.748 e. The van der Waals surface area contributed by atoms with Crippen LogP contribution in [0.3, 0.4) is 0 Å². The molecule has 0 aliphatic carbocycles. The summed E-state index contributed by atoms with van der Waals surface area (Å²) in [6.07, 6.45) is 1.23. The van der Waals surface area contributed by atoms with E-state index in [-0.39, 0.29) is 16.6 Å². The lowest BCUT2D eigenvalue weighted by Crippen LogP contribution is -2.04. The molecule has 7 aromatic rings. The summed E-state index contributed by atoms with van der Waals surface area (Å²) in [4.78, 5) is 8.75. The van der Waals surface area contributed by atoms with E-state index in [1.165, 1.54) is 56.5 Å². The van der Waals surface area contributed by atoms with Crippen LogP contribution in [0.5, 0.6) is 5.75 Å². The maximum absolute atomic E-state index is 9.83. The van der Waals surface area contributed by atoms with Gasteiger partial charge in [0.1, 0.15) is 5.75 Å². The van der Waals surface area contributed by atoms with Gasteiger partial charge < -0.3 is 9.29 Å². The highest BCUT2D eigenvalue weighted by molar-refractivity contribution is 7.99. The second-order valence-electron chi connectivity index (χ2n) is 12.5. The molecule has 4 nitrogen and oxygen atoms in total. The van der Waals surface area contributed by atoms with Gasteiger partial charge in [0, 0.05) is 25.3 Å². The van der Waals surface area contributed by atoms with Gasteiger partial charge in [-0.05, 0) is 126 Å². The van der Waals surface area contributed by atoms with E-state index in [2.05, 4.69) is 182 Å². The Labute approximate surface area is 337 Å². The zero-order valence-corrected chi connectivity index (χ0v) is 34.0. The molecule has 0 fully saturated rings. The van der Waals surface area contributed by atoms with Gasteiger partial charge >= 0.3 is 0 Å². The summed E-state index contributed by atoms with van der Waals surface area (Å²) in [5.41, 5.74) is 4.95. The number of hydrogen-bond acceptors (Lipinski definition) is 6. The average molecular weight is 799 g/mol. The highest BCUT2D eigenvalue weighted by atomic mass is 32.2. The van der Waals surface area contributed by atoms with Crippen molar-refractivity contribution in [2.24, 2.45) is 0 Å². The van der Waals surface area contributed by atoms with Gasteiger partial charge in [0.05, 0.1) is 28.1 Å². The molecule has 278 valence electrons. The molecule has 0 bridgehead atoms. The quantitative estimate of drug-likeness (QED) is 0.0855. The predicted octanol–water partition coefficient (Wildman–Crippen LogP) is 12.8. The van der Waals surface area contributed by atoms with E-state index in [0.29, 0.717) is 6.42 Å². The van der Waals surface area contributed by atoms with Crippen LogP contribution in [0.2, 0.25) is 0 Å². The highest BCUT2D eigenvalue weighted by Gasteiger charge is 2.29. The monoisotopic (exact) mass is 798 g/mol. The van der Waals surface area contributed by atoms with Crippen molar-refractivity contribution in [3.05, 3.63) is 182 Å².